The van der Waals surface area contributed by atoms with E-state index in [1.165, 1.54) is 0 Å². The largest absolute Gasteiger partial charge is 0.378 e. The minimum atomic E-state index is 0.0134. The summed E-state index contributed by atoms with van der Waals surface area (Å²) in [5.74, 6) is 0.0134. The van der Waals surface area contributed by atoms with E-state index < -0.39 is 0 Å². The van der Waals surface area contributed by atoms with Crippen LogP contribution in [0.25, 0.3) is 6.08 Å². The van der Waals surface area contributed by atoms with Crippen molar-refractivity contribution >= 4 is 12.0 Å². The lowest BCUT2D eigenvalue weighted by molar-refractivity contribution is 0.0302. The first-order valence-electron chi connectivity index (χ1n) is 5.26. The molecule has 84 valence electrons. The third-order valence-corrected chi connectivity index (χ3v) is 2.54. The molecule has 4 nitrogen and oxygen atoms in total. The van der Waals surface area contributed by atoms with Crippen LogP contribution in [0.2, 0.25) is 0 Å². The summed E-state index contributed by atoms with van der Waals surface area (Å²) in [7, 11) is 0. The van der Waals surface area contributed by atoms with E-state index in [9.17, 15) is 4.79 Å². The van der Waals surface area contributed by atoms with Crippen molar-refractivity contribution in [2.24, 2.45) is 0 Å². The highest BCUT2D eigenvalue weighted by Crippen LogP contribution is 2.09. The van der Waals surface area contributed by atoms with Gasteiger partial charge in [-0.05, 0) is 11.6 Å². The highest BCUT2D eigenvalue weighted by molar-refractivity contribution is 5.94. The van der Waals surface area contributed by atoms with E-state index in [0.29, 0.717) is 31.9 Å². The van der Waals surface area contributed by atoms with Crippen molar-refractivity contribution in [3.05, 3.63) is 36.2 Å². The summed E-state index contributed by atoms with van der Waals surface area (Å²) in [6.07, 6.45) is 4.96. The van der Waals surface area contributed by atoms with Crippen LogP contribution in [0.4, 0.5) is 0 Å². The van der Waals surface area contributed by atoms with Crippen LogP contribution in [0.15, 0.2) is 25.0 Å². The molecule has 1 aromatic heterocycles. The Bertz CT molecular complexity index is 398. The van der Waals surface area contributed by atoms with Crippen LogP contribution in [0.5, 0.6) is 0 Å². The predicted molar refractivity (Wildman–Crippen MR) is 61.1 cm³/mol. The molecule has 0 radical (unpaired) electrons. The smallest absolute Gasteiger partial charge is 0.255 e. The molecular weight excluding hydrogens is 204 g/mol. The number of amides is 1. The van der Waals surface area contributed by atoms with Gasteiger partial charge in [-0.2, -0.15) is 0 Å². The first kappa shape index (κ1) is 10.8. The lowest BCUT2D eigenvalue weighted by atomic mass is 10.2. The average Bonchev–Trinajstić information content (AvgIpc) is 2.39. The van der Waals surface area contributed by atoms with Gasteiger partial charge in [0.2, 0.25) is 0 Å². The molecule has 0 bridgehead atoms. The standard InChI is InChI=1S/C12H14N2O2/c1-2-10-7-11(9-13-8-10)12(15)14-3-5-16-6-4-14/h2,7-9H,1,3-6H2. The molecule has 0 N–H and O–H groups in total. The summed E-state index contributed by atoms with van der Waals surface area (Å²) in [5.41, 5.74) is 1.47. The fraction of sp³-hybridized carbons (Fsp3) is 0.333. The number of rotatable bonds is 2. The summed E-state index contributed by atoms with van der Waals surface area (Å²) < 4.78 is 5.20. The first-order chi connectivity index (χ1) is 7.81. The minimum Gasteiger partial charge on any atom is -0.378 e. The van der Waals surface area contributed by atoms with Crippen molar-refractivity contribution in [2.45, 2.75) is 0 Å². The van der Waals surface area contributed by atoms with Gasteiger partial charge < -0.3 is 9.64 Å². The maximum Gasteiger partial charge on any atom is 0.255 e. The number of ether oxygens (including phenoxy) is 1. The maximum absolute atomic E-state index is 12.1. The van der Waals surface area contributed by atoms with E-state index in [1.54, 1.807) is 29.4 Å². The van der Waals surface area contributed by atoms with Crippen LogP contribution in [0.3, 0.4) is 0 Å². The van der Waals surface area contributed by atoms with Crippen molar-refractivity contribution in [1.82, 2.24) is 9.88 Å². The van der Waals surface area contributed by atoms with Crippen molar-refractivity contribution < 1.29 is 9.53 Å². The number of carbonyl (C=O) groups is 1. The molecule has 1 saturated heterocycles. The Labute approximate surface area is 94.5 Å². The molecule has 4 heteroatoms. The van der Waals surface area contributed by atoms with Crippen molar-refractivity contribution in [1.29, 1.82) is 0 Å². The van der Waals surface area contributed by atoms with Crippen LogP contribution in [0, 0.1) is 0 Å². The second-order valence-corrected chi connectivity index (χ2v) is 3.62. The zero-order valence-corrected chi connectivity index (χ0v) is 9.06. The SMILES string of the molecule is C=Cc1cncc(C(=O)N2CCOCC2)c1. The predicted octanol–water partition coefficient (Wildman–Crippen LogP) is 1.20. The van der Waals surface area contributed by atoms with E-state index in [0.717, 1.165) is 5.56 Å². The van der Waals surface area contributed by atoms with Crippen LogP contribution in [0.1, 0.15) is 15.9 Å². The Morgan fingerprint density at radius 1 is 1.44 bits per heavy atom. The summed E-state index contributed by atoms with van der Waals surface area (Å²) in [6, 6.07) is 1.80. The topological polar surface area (TPSA) is 42.4 Å². The number of nitrogens with zero attached hydrogens (tertiary/aromatic N) is 2. The molecule has 1 fully saturated rings. The summed E-state index contributed by atoms with van der Waals surface area (Å²) in [6.45, 7) is 6.18. The third kappa shape index (κ3) is 2.28. The average molecular weight is 218 g/mol. The Hall–Kier alpha value is -1.68. The molecule has 0 spiro atoms. The van der Waals surface area contributed by atoms with Gasteiger partial charge in [-0.25, -0.2) is 0 Å². The first-order valence-corrected chi connectivity index (χ1v) is 5.26. The van der Waals surface area contributed by atoms with Gasteiger partial charge in [-0.1, -0.05) is 12.7 Å². The monoisotopic (exact) mass is 218 g/mol. The zero-order chi connectivity index (χ0) is 11.4. The molecule has 1 aliphatic heterocycles. The molecule has 16 heavy (non-hydrogen) atoms. The normalized spacial score (nSPS) is 15.9. The van der Waals surface area contributed by atoms with Gasteiger partial charge in [0.1, 0.15) is 0 Å². The number of morpholine rings is 1. The zero-order valence-electron chi connectivity index (χ0n) is 9.06. The Kier molecular flexibility index (Phi) is 3.31. The van der Waals surface area contributed by atoms with Gasteiger partial charge in [0.15, 0.2) is 0 Å². The van der Waals surface area contributed by atoms with Crippen molar-refractivity contribution in [2.75, 3.05) is 26.3 Å². The van der Waals surface area contributed by atoms with Crippen LogP contribution in [-0.4, -0.2) is 42.1 Å². The number of carbonyl (C=O) groups excluding carboxylic acids is 1. The molecule has 1 aromatic rings. The molecule has 1 amide bonds. The minimum absolute atomic E-state index is 0.0134. The van der Waals surface area contributed by atoms with Gasteiger partial charge in [-0.3, -0.25) is 9.78 Å². The molecule has 0 unspecified atom stereocenters. The van der Waals surface area contributed by atoms with Gasteiger partial charge in [-0.15, -0.1) is 0 Å². The molecule has 2 rings (SSSR count). The number of hydrogen-bond acceptors (Lipinski definition) is 3. The van der Waals surface area contributed by atoms with Crippen molar-refractivity contribution in [3.63, 3.8) is 0 Å². The van der Waals surface area contributed by atoms with Gasteiger partial charge in [0.05, 0.1) is 18.8 Å². The second kappa shape index (κ2) is 4.90. The Morgan fingerprint density at radius 3 is 2.88 bits per heavy atom. The maximum atomic E-state index is 12.1. The molecular formula is C12H14N2O2. The molecule has 0 atom stereocenters. The second-order valence-electron chi connectivity index (χ2n) is 3.62. The van der Waals surface area contributed by atoms with E-state index in [2.05, 4.69) is 11.6 Å². The van der Waals surface area contributed by atoms with Gasteiger partial charge in [0, 0.05) is 25.5 Å². The van der Waals surface area contributed by atoms with Crippen molar-refractivity contribution in [3.8, 4) is 0 Å². The third-order valence-electron chi connectivity index (χ3n) is 2.54. The molecule has 0 aliphatic carbocycles. The van der Waals surface area contributed by atoms with Crippen LogP contribution < -0.4 is 0 Å². The van der Waals surface area contributed by atoms with Crippen LogP contribution >= 0.6 is 0 Å². The van der Waals surface area contributed by atoms with Gasteiger partial charge >= 0.3 is 0 Å². The lowest BCUT2D eigenvalue weighted by Crippen LogP contribution is -2.40. The summed E-state index contributed by atoms with van der Waals surface area (Å²) >= 11 is 0. The number of pyridine rings is 1. The highest BCUT2D eigenvalue weighted by atomic mass is 16.5. The lowest BCUT2D eigenvalue weighted by Gasteiger charge is -2.26. The van der Waals surface area contributed by atoms with Gasteiger partial charge in [0.25, 0.3) is 5.91 Å². The molecule has 1 aliphatic rings. The Balaban J connectivity index is 2.15. The molecule has 0 saturated carbocycles. The highest BCUT2D eigenvalue weighted by Gasteiger charge is 2.18. The van der Waals surface area contributed by atoms with E-state index in [1.807, 2.05) is 0 Å². The summed E-state index contributed by atoms with van der Waals surface area (Å²) in [5, 5.41) is 0. The fourth-order valence-corrected chi connectivity index (χ4v) is 1.64. The van der Waals surface area contributed by atoms with E-state index in [4.69, 9.17) is 4.74 Å². The molecule has 0 aromatic carbocycles. The number of hydrogen-bond donors (Lipinski definition) is 0. The molecule has 2 heterocycles. The van der Waals surface area contributed by atoms with E-state index in [-0.39, 0.29) is 5.91 Å². The number of aromatic nitrogens is 1. The van der Waals surface area contributed by atoms with E-state index >= 15 is 0 Å². The van der Waals surface area contributed by atoms with Crippen LogP contribution in [-0.2, 0) is 4.74 Å². The summed E-state index contributed by atoms with van der Waals surface area (Å²) in [4.78, 5) is 17.9. The quantitative estimate of drug-likeness (QED) is 0.749. The Morgan fingerprint density at radius 2 is 2.19 bits per heavy atom. The fourth-order valence-electron chi connectivity index (χ4n) is 1.64.